The van der Waals surface area contributed by atoms with Gasteiger partial charge in [0.15, 0.2) is 0 Å². The Labute approximate surface area is 85.1 Å². The van der Waals surface area contributed by atoms with Gasteiger partial charge in [-0.05, 0) is 32.9 Å². The van der Waals surface area contributed by atoms with Gasteiger partial charge in [-0.25, -0.2) is 0 Å². The first-order valence-corrected chi connectivity index (χ1v) is 5.22. The van der Waals surface area contributed by atoms with Crippen LogP contribution in [-0.2, 0) is 4.79 Å². The molecule has 0 saturated carbocycles. The van der Waals surface area contributed by atoms with Crippen LogP contribution in [0.25, 0.3) is 0 Å². The molecule has 1 fully saturated rings. The molecular weight excluding hydrogens is 180 g/mol. The van der Waals surface area contributed by atoms with Gasteiger partial charge in [0.2, 0.25) is 5.91 Å². The molecule has 1 rings (SSSR count). The lowest BCUT2D eigenvalue weighted by Gasteiger charge is -2.32. The van der Waals surface area contributed by atoms with Crippen molar-refractivity contribution in [2.75, 3.05) is 19.6 Å². The molecular formula is C10H20N2O2. The van der Waals surface area contributed by atoms with E-state index in [-0.39, 0.29) is 11.3 Å². The zero-order valence-electron chi connectivity index (χ0n) is 8.97. The van der Waals surface area contributed by atoms with Crippen LogP contribution in [0.5, 0.6) is 0 Å². The van der Waals surface area contributed by atoms with E-state index in [1.54, 1.807) is 6.92 Å². The first kappa shape index (κ1) is 11.5. The smallest absolute Gasteiger partial charge is 0.226 e. The summed E-state index contributed by atoms with van der Waals surface area (Å²) in [7, 11) is 0. The number of carbonyl (C=O) groups excluding carboxylic acids is 1. The SMILES string of the molecule is C[C@H](O)CNC(=O)C1(C)CCNCC1. The van der Waals surface area contributed by atoms with Gasteiger partial charge >= 0.3 is 0 Å². The summed E-state index contributed by atoms with van der Waals surface area (Å²) in [6.07, 6.45) is 1.28. The molecule has 0 aromatic carbocycles. The molecule has 3 N–H and O–H groups in total. The number of amides is 1. The second-order valence-corrected chi connectivity index (χ2v) is 4.37. The van der Waals surface area contributed by atoms with Crippen LogP contribution in [0.15, 0.2) is 0 Å². The van der Waals surface area contributed by atoms with Crippen molar-refractivity contribution >= 4 is 5.91 Å². The fourth-order valence-corrected chi connectivity index (χ4v) is 1.66. The minimum atomic E-state index is -0.468. The highest BCUT2D eigenvalue weighted by Crippen LogP contribution is 2.27. The second kappa shape index (κ2) is 4.75. The fraction of sp³-hybridized carbons (Fsp3) is 0.900. The topological polar surface area (TPSA) is 61.4 Å². The van der Waals surface area contributed by atoms with Crippen LogP contribution >= 0.6 is 0 Å². The van der Waals surface area contributed by atoms with Crippen LogP contribution in [0.4, 0.5) is 0 Å². The van der Waals surface area contributed by atoms with Crippen molar-refractivity contribution in [3.8, 4) is 0 Å². The highest BCUT2D eigenvalue weighted by atomic mass is 16.3. The van der Waals surface area contributed by atoms with Crippen molar-refractivity contribution < 1.29 is 9.90 Å². The molecule has 82 valence electrons. The average molecular weight is 200 g/mol. The Morgan fingerprint density at radius 3 is 2.64 bits per heavy atom. The molecule has 4 heteroatoms. The normalized spacial score (nSPS) is 22.8. The quantitative estimate of drug-likeness (QED) is 0.595. The van der Waals surface area contributed by atoms with E-state index < -0.39 is 6.10 Å². The van der Waals surface area contributed by atoms with Crippen molar-refractivity contribution in [2.24, 2.45) is 5.41 Å². The van der Waals surface area contributed by atoms with E-state index >= 15 is 0 Å². The third kappa shape index (κ3) is 2.96. The zero-order valence-corrected chi connectivity index (χ0v) is 8.97. The fourth-order valence-electron chi connectivity index (χ4n) is 1.66. The molecule has 1 saturated heterocycles. The molecule has 1 aliphatic rings. The Morgan fingerprint density at radius 2 is 2.14 bits per heavy atom. The maximum absolute atomic E-state index is 11.8. The van der Waals surface area contributed by atoms with Gasteiger partial charge in [-0.2, -0.15) is 0 Å². The van der Waals surface area contributed by atoms with Crippen LogP contribution in [-0.4, -0.2) is 36.8 Å². The monoisotopic (exact) mass is 200 g/mol. The Morgan fingerprint density at radius 1 is 1.57 bits per heavy atom. The van der Waals surface area contributed by atoms with Crippen molar-refractivity contribution in [3.63, 3.8) is 0 Å². The largest absolute Gasteiger partial charge is 0.392 e. The number of rotatable bonds is 3. The predicted molar refractivity (Wildman–Crippen MR) is 54.9 cm³/mol. The van der Waals surface area contributed by atoms with Crippen LogP contribution in [0.1, 0.15) is 26.7 Å². The first-order valence-electron chi connectivity index (χ1n) is 5.22. The van der Waals surface area contributed by atoms with Crippen molar-refractivity contribution in [1.29, 1.82) is 0 Å². The van der Waals surface area contributed by atoms with E-state index in [1.807, 2.05) is 6.92 Å². The third-order valence-electron chi connectivity index (χ3n) is 2.81. The maximum atomic E-state index is 11.8. The van der Waals surface area contributed by atoms with Crippen LogP contribution < -0.4 is 10.6 Å². The zero-order chi connectivity index (χ0) is 10.6. The van der Waals surface area contributed by atoms with Gasteiger partial charge in [-0.1, -0.05) is 6.92 Å². The van der Waals surface area contributed by atoms with E-state index in [2.05, 4.69) is 10.6 Å². The van der Waals surface area contributed by atoms with Gasteiger partial charge in [0.1, 0.15) is 0 Å². The van der Waals surface area contributed by atoms with Crippen LogP contribution in [0, 0.1) is 5.41 Å². The van der Waals surface area contributed by atoms with Gasteiger partial charge in [0.25, 0.3) is 0 Å². The highest BCUT2D eigenvalue weighted by molar-refractivity contribution is 5.82. The number of carbonyl (C=O) groups is 1. The van der Waals surface area contributed by atoms with Crippen molar-refractivity contribution in [3.05, 3.63) is 0 Å². The summed E-state index contributed by atoms with van der Waals surface area (Å²) in [6.45, 7) is 5.81. The molecule has 1 aliphatic heterocycles. The summed E-state index contributed by atoms with van der Waals surface area (Å²) in [5.41, 5.74) is -0.250. The standard InChI is InChI=1S/C10H20N2O2/c1-8(13)7-12-9(14)10(2)3-5-11-6-4-10/h8,11,13H,3-7H2,1-2H3,(H,12,14)/t8-/m0/s1. The summed E-state index contributed by atoms with van der Waals surface area (Å²) in [5.74, 6) is 0.0694. The van der Waals surface area contributed by atoms with Crippen LogP contribution in [0.2, 0.25) is 0 Å². The molecule has 14 heavy (non-hydrogen) atoms. The average Bonchev–Trinajstić information content (AvgIpc) is 2.15. The molecule has 0 spiro atoms. The Kier molecular flexibility index (Phi) is 3.89. The molecule has 0 radical (unpaired) electrons. The van der Waals surface area contributed by atoms with E-state index in [1.165, 1.54) is 0 Å². The number of hydrogen-bond donors (Lipinski definition) is 3. The van der Waals surface area contributed by atoms with Gasteiger partial charge in [-0.3, -0.25) is 4.79 Å². The number of nitrogens with one attached hydrogen (secondary N) is 2. The summed E-state index contributed by atoms with van der Waals surface area (Å²) in [5, 5.41) is 15.1. The van der Waals surface area contributed by atoms with Gasteiger partial charge in [0.05, 0.1) is 6.10 Å². The third-order valence-corrected chi connectivity index (χ3v) is 2.81. The summed E-state index contributed by atoms with van der Waals surface area (Å²) in [6, 6.07) is 0. The number of aliphatic hydroxyl groups excluding tert-OH is 1. The molecule has 0 aromatic heterocycles. The van der Waals surface area contributed by atoms with E-state index in [0.29, 0.717) is 6.54 Å². The van der Waals surface area contributed by atoms with E-state index in [4.69, 9.17) is 5.11 Å². The van der Waals surface area contributed by atoms with Crippen molar-refractivity contribution in [1.82, 2.24) is 10.6 Å². The molecule has 1 amide bonds. The van der Waals surface area contributed by atoms with Gasteiger partial charge < -0.3 is 15.7 Å². The molecule has 0 aromatic rings. The van der Waals surface area contributed by atoms with Gasteiger partial charge in [0, 0.05) is 12.0 Å². The predicted octanol–water partition coefficient (Wildman–Crippen LogP) is -0.127. The molecule has 1 heterocycles. The molecule has 0 unspecified atom stereocenters. The van der Waals surface area contributed by atoms with Crippen LogP contribution in [0.3, 0.4) is 0 Å². The highest BCUT2D eigenvalue weighted by Gasteiger charge is 2.34. The van der Waals surface area contributed by atoms with Crippen molar-refractivity contribution in [2.45, 2.75) is 32.8 Å². The molecule has 4 nitrogen and oxygen atoms in total. The lowest BCUT2D eigenvalue weighted by Crippen LogP contribution is -2.47. The first-order chi connectivity index (χ1) is 6.54. The maximum Gasteiger partial charge on any atom is 0.226 e. The Hall–Kier alpha value is -0.610. The Balaban J connectivity index is 2.41. The lowest BCUT2D eigenvalue weighted by molar-refractivity contribution is -0.132. The number of hydrogen-bond acceptors (Lipinski definition) is 3. The molecule has 0 aliphatic carbocycles. The molecule has 1 atom stereocenters. The minimum absolute atomic E-state index is 0.0694. The lowest BCUT2D eigenvalue weighted by atomic mass is 9.80. The summed E-state index contributed by atoms with van der Waals surface area (Å²) in [4.78, 5) is 11.8. The van der Waals surface area contributed by atoms with Gasteiger partial charge in [-0.15, -0.1) is 0 Å². The van der Waals surface area contributed by atoms with E-state index in [0.717, 1.165) is 25.9 Å². The second-order valence-electron chi connectivity index (χ2n) is 4.37. The summed E-state index contributed by atoms with van der Waals surface area (Å²) < 4.78 is 0. The number of piperidine rings is 1. The van der Waals surface area contributed by atoms with E-state index in [9.17, 15) is 4.79 Å². The minimum Gasteiger partial charge on any atom is -0.392 e. The Bertz CT molecular complexity index is 198. The molecule has 0 bridgehead atoms. The summed E-state index contributed by atoms with van der Waals surface area (Å²) >= 11 is 0. The number of aliphatic hydroxyl groups is 1.